The van der Waals surface area contributed by atoms with Gasteiger partial charge in [0.1, 0.15) is 12.5 Å². The molecule has 0 amide bonds. The van der Waals surface area contributed by atoms with E-state index in [0.717, 1.165) is 11.1 Å². The van der Waals surface area contributed by atoms with E-state index in [1.807, 2.05) is 12.1 Å². The zero-order chi connectivity index (χ0) is 18.9. The molecule has 1 heterocycles. The summed E-state index contributed by atoms with van der Waals surface area (Å²) in [5.41, 5.74) is 7.79. The number of ether oxygens (including phenoxy) is 4. The topological polar surface area (TPSA) is 101 Å². The predicted molar refractivity (Wildman–Crippen MR) is 100.0 cm³/mol. The Morgan fingerprint density at radius 1 is 1.15 bits per heavy atom. The number of aromatic nitrogens is 2. The summed E-state index contributed by atoms with van der Waals surface area (Å²) < 4.78 is 21.3. The fourth-order valence-electron chi connectivity index (χ4n) is 2.36. The lowest BCUT2D eigenvalue weighted by atomic mass is 10.1. The number of methoxy groups -OCH3 is 3. The van der Waals surface area contributed by atoms with Crippen LogP contribution in [0.4, 0.5) is 11.8 Å². The zero-order valence-corrected chi connectivity index (χ0v) is 15.2. The number of nitrogen functional groups attached to an aromatic ring is 1. The molecule has 0 aliphatic heterocycles. The second-order valence-corrected chi connectivity index (χ2v) is 5.30. The fraction of sp³-hybridized carbons (Fsp3) is 0.333. The largest absolute Gasteiger partial charge is 0.493 e. The summed E-state index contributed by atoms with van der Waals surface area (Å²) in [7, 11) is 4.72. The van der Waals surface area contributed by atoms with Crippen molar-refractivity contribution in [3.63, 3.8) is 0 Å². The number of benzene rings is 1. The first-order valence-electron chi connectivity index (χ1n) is 7.95. The lowest BCUT2D eigenvalue weighted by Gasteiger charge is -2.14. The van der Waals surface area contributed by atoms with Crippen molar-refractivity contribution in [2.24, 2.45) is 0 Å². The van der Waals surface area contributed by atoms with E-state index in [1.165, 1.54) is 0 Å². The molecule has 0 radical (unpaired) electrons. The first kappa shape index (κ1) is 19.3. The van der Waals surface area contributed by atoms with Gasteiger partial charge in [0.15, 0.2) is 11.5 Å². The Labute approximate surface area is 153 Å². The maximum Gasteiger partial charge on any atom is 0.226 e. The van der Waals surface area contributed by atoms with Crippen molar-refractivity contribution < 1.29 is 18.9 Å². The van der Waals surface area contributed by atoms with E-state index in [1.54, 1.807) is 33.6 Å². The van der Waals surface area contributed by atoms with Crippen LogP contribution in [-0.2, 0) is 11.2 Å². The Hall–Kier alpha value is -3.00. The van der Waals surface area contributed by atoms with Gasteiger partial charge in [-0.15, -0.1) is 6.58 Å². The molecule has 0 unspecified atom stereocenters. The van der Waals surface area contributed by atoms with E-state index >= 15 is 0 Å². The molecule has 0 fully saturated rings. The molecule has 3 N–H and O–H groups in total. The number of anilines is 2. The van der Waals surface area contributed by atoms with Crippen molar-refractivity contribution in [3.8, 4) is 17.2 Å². The van der Waals surface area contributed by atoms with E-state index in [2.05, 4.69) is 21.9 Å². The molecule has 1 aromatic heterocycles. The standard InChI is InChI=1S/C18H24N4O4/c1-5-6-26-11-21-18-20-10-13(17(19)22-18)7-12-8-14(23-2)16(25-4)15(9-12)24-3/h5,8-10H,1,6-7,11H2,2-4H3,(H3,19,20,21,22). The first-order valence-corrected chi connectivity index (χ1v) is 7.95. The summed E-state index contributed by atoms with van der Waals surface area (Å²) in [5, 5.41) is 2.93. The maximum absolute atomic E-state index is 6.06. The minimum absolute atomic E-state index is 0.275. The third kappa shape index (κ3) is 4.76. The highest BCUT2D eigenvalue weighted by Crippen LogP contribution is 2.38. The summed E-state index contributed by atoms with van der Waals surface area (Å²) in [4.78, 5) is 8.51. The molecule has 0 saturated carbocycles. The number of hydrogen-bond acceptors (Lipinski definition) is 8. The first-order chi connectivity index (χ1) is 12.6. The zero-order valence-electron chi connectivity index (χ0n) is 15.2. The monoisotopic (exact) mass is 360 g/mol. The van der Waals surface area contributed by atoms with Crippen molar-refractivity contribution in [1.82, 2.24) is 9.97 Å². The van der Waals surface area contributed by atoms with Gasteiger partial charge in [0.05, 0.1) is 27.9 Å². The minimum Gasteiger partial charge on any atom is -0.493 e. The van der Waals surface area contributed by atoms with Crippen LogP contribution in [0.2, 0.25) is 0 Å². The third-order valence-electron chi connectivity index (χ3n) is 3.59. The van der Waals surface area contributed by atoms with Crippen LogP contribution in [0.5, 0.6) is 17.2 Å². The molecule has 140 valence electrons. The predicted octanol–water partition coefficient (Wildman–Crippen LogP) is 2.25. The van der Waals surface area contributed by atoms with E-state index < -0.39 is 0 Å². The average molecular weight is 360 g/mol. The van der Waals surface area contributed by atoms with Gasteiger partial charge in [0.2, 0.25) is 11.7 Å². The molecule has 1 aromatic carbocycles. The van der Waals surface area contributed by atoms with Crippen LogP contribution in [0, 0.1) is 0 Å². The molecule has 8 nitrogen and oxygen atoms in total. The highest BCUT2D eigenvalue weighted by molar-refractivity contribution is 5.55. The minimum atomic E-state index is 0.275. The molecule has 0 atom stereocenters. The Bertz CT molecular complexity index is 727. The van der Waals surface area contributed by atoms with Crippen LogP contribution in [0.1, 0.15) is 11.1 Å². The molecule has 8 heteroatoms. The molecule has 0 aliphatic rings. The van der Waals surface area contributed by atoms with Crippen molar-refractivity contribution >= 4 is 11.8 Å². The second-order valence-electron chi connectivity index (χ2n) is 5.30. The van der Waals surface area contributed by atoms with E-state index in [0.29, 0.717) is 42.0 Å². The van der Waals surface area contributed by atoms with Crippen molar-refractivity contribution in [2.45, 2.75) is 6.42 Å². The van der Waals surface area contributed by atoms with Gasteiger partial charge in [0.25, 0.3) is 0 Å². The smallest absolute Gasteiger partial charge is 0.226 e. The van der Waals surface area contributed by atoms with Gasteiger partial charge in [-0.3, -0.25) is 0 Å². The average Bonchev–Trinajstić information content (AvgIpc) is 2.66. The van der Waals surface area contributed by atoms with Gasteiger partial charge >= 0.3 is 0 Å². The summed E-state index contributed by atoms with van der Waals surface area (Å²) in [6.07, 6.45) is 3.87. The number of nitrogens with one attached hydrogen (secondary N) is 1. The molecule has 0 saturated heterocycles. The molecule has 2 aromatic rings. The Kier molecular flexibility index (Phi) is 7.04. The Balaban J connectivity index is 2.16. The molecule has 26 heavy (non-hydrogen) atoms. The Morgan fingerprint density at radius 2 is 1.85 bits per heavy atom. The van der Waals surface area contributed by atoms with Gasteiger partial charge in [-0.25, -0.2) is 4.98 Å². The normalized spacial score (nSPS) is 10.3. The van der Waals surface area contributed by atoms with E-state index in [9.17, 15) is 0 Å². The van der Waals surface area contributed by atoms with Crippen LogP contribution in [0.25, 0.3) is 0 Å². The molecule has 0 bridgehead atoms. The van der Waals surface area contributed by atoms with Gasteiger partial charge in [-0.05, 0) is 17.7 Å². The molecule has 2 rings (SSSR count). The highest BCUT2D eigenvalue weighted by atomic mass is 16.5. The fourth-order valence-corrected chi connectivity index (χ4v) is 2.36. The molecule has 0 aliphatic carbocycles. The van der Waals surface area contributed by atoms with E-state index in [4.69, 9.17) is 24.7 Å². The van der Waals surface area contributed by atoms with Crippen LogP contribution in [0.15, 0.2) is 31.0 Å². The lowest BCUT2D eigenvalue weighted by molar-refractivity contribution is 0.182. The van der Waals surface area contributed by atoms with E-state index in [-0.39, 0.29) is 6.73 Å². The van der Waals surface area contributed by atoms with Crippen molar-refractivity contribution in [1.29, 1.82) is 0 Å². The quantitative estimate of drug-likeness (QED) is 0.378. The number of hydrogen-bond donors (Lipinski definition) is 2. The second kappa shape index (κ2) is 9.47. The van der Waals surface area contributed by atoms with Gasteiger partial charge < -0.3 is 30.0 Å². The summed E-state index contributed by atoms with van der Waals surface area (Å²) in [6.45, 7) is 4.30. The SMILES string of the molecule is C=CCOCNc1ncc(Cc2cc(OC)c(OC)c(OC)c2)c(N)n1. The third-order valence-corrected chi connectivity index (χ3v) is 3.59. The van der Waals surface area contributed by atoms with Crippen LogP contribution in [-0.4, -0.2) is 44.6 Å². The molecular formula is C18H24N4O4. The highest BCUT2D eigenvalue weighted by Gasteiger charge is 2.14. The van der Waals surface area contributed by atoms with Gasteiger partial charge in [0, 0.05) is 18.2 Å². The van der Waals surface area contributed by atoms with Crippen LogP contribution < -0.4 is 25.3 Å². The van der Waals surface area contributed by atoms with Crippen molar-refractivity contribution in [3.05, 3.63) is 42.1 Å². The molecular weight excluding hydrogens is 336 g/mol. The van der Waals surface area contributed by atoms with Gasteiger partial charge in [-0.1, -0.05) is 6.08 Å². The van der Waals surface area contributed by atoms with Crippen LogP contribution >= 0.6 is 0 Å². The number of nitrogens with zero attached hydrogens (tertiary/aromatic N) is 2. The lowest BCUT2D eigenvalue weighted by Crippen LogP contribution is -2.11. The maximum atomic E-state index is 6.06. The molecule has 0 spiro atoms. The summed E-state index contributed by atoms with van der Waals surface area (Å²) in [5.74, 6) is 2.50. The van der Waals surface area contributed by atoms with Gasteiger partial charge in [-0.2, -0.15) is 4.98 Å². The summed E-state index contributed by atoms with van der Waals surface area (Å²) in [6, 6.07) is 3.74. The number of rotatable bonds is 10. The Morgan fingerprint density at radius 3 is 2.38 bits per heavy atom. The van der Waals surface area contributed by atoms with Crippen LogP contribution in [0.3, 0.4) is 0 Å². The summed E-state index contributed by atoms with van der Waals surface area (Å²) >= 11 is 0. The number of nitrogens with two attached hydrogens (primary N) is 1. The van der Waals surface area contributed by atoms with Crippen molar-refractivity contribution in [2.75, 3.05) is 45.7 Å².